The number of ether oxygens (including phenoxy) is 1. The molecule has 0 N–H and O–H groups in total. The zero-order valence-electron chi connectivity index (χ0n) is 15.7. The zero-order valence-corrected chi connectivity index (χ0v) is 15.7. The van der Waals surface area contributed by atoms with Crippen LogP contribution in [0.3, 0.4) is 0 Å². The first-order chi connectivity index (χ1) is 12.4. The number of hydrogen-bond donors (Lipinski definition) is 0. The van der Waals surface area contributed by atoms with Gasteiger partial charge in [-0.25, -0.2) is 0 Å². The van der Waals surface area contributed by atoms with Gasteiger partial charge in [0.1, 0.15) is 5.75 Å². The van der Waals surface area contributed by atoms with E-state index in [2.05, 4.69) is 26.8 Å². The van der Waals surface area contributed by atoms with Crippen LogP contribution in [0.25, 0.3) is 0 Å². The molecule has 26 heavy (non-hydrogen) atoms. The highest BCUT2D eigenvalue weighted by atomic mass is 16.5. The van der Waals surface area contributed by atoms with Crippen molar-refractivity contribution in [2.24, 2.45) is 0 Å². The van der Waals surface area contributed by atoms with Crippen LogP contribution in [-0.2, 0) is 16.8 Å². The van der Waals surface area contributed by atoms with Gasteiger partial charge in [-0.1, -0.05) is 69.3 Å². The molecule has 0 radical (unpaired) electrons. The largest absolute Gasteiger partial charge is 0.483 e. The molecule has 0 aliphatic rings. The Morgan fingerprint density at radius 3 is 2.38 bits per heavy atom. The summed E-state index contributed by atoms with van der Waals surface area (Å²) in [6.45, 7) is 7.19. The highest BCUT2D eigenvalue weighted by Gasteiger charge is 2.20. The minimum atomic E-state index is -0.118. The van der Waals surface area contributed by atoms with Crippen LogP contribution in [0.2, 0.25) is 0 Å². The van der Waals surface area contributed by atoms with Gasteiger partial charge in [-0.3, -0.25) is 4.79 Å². The van der Waals surface area contributed by atoms with Crippen molar-refractivity contribution in [1.29, 1.82) is 5.26 Å². The molecule has 0 bridgehead atoms. The van der Waals surface area contributed by atoms with E-state index in [1.54, 1.807) is 4.90 Å². The first kappa shape index (κ1) is 19.5. The van der Waals surface area contributed by atoms with Gasteiger partial charge in [0.25, 0.3) is 5.91 Å². The maximum absolute atomic E-state index is 12.7. The monoisotopic (exact) mass is 350 g/mol. The summed E-state index contributed by atoms with van der Waals surface area (Å²) in [7, 11) is 0. The lowest BCUT2D eigenvalue weighted by Gasteiger charge is -2.25. The average molecular weight is 350 g/mol. The summed E-state index contributed by atoms with van der Waals surface area (Å²) in [5.74, 6) is 0.612. The second-order valence-electron chi connectivity index (χ2n) is 7.24. The summed E-state index contributed by atoms with van der Waals surface area (Å²) in [4.78, 5) is 14.4. The van der Waals surface area contributed by atoms with E-state index >= 15 is 0 Å². The van der Waals surface area contributed by atoms with Gasteiger partial charge >= 0.3 is 0 Å². The average Bonchev–Trinajstić information content (AvgIpc) is 2.63. The van der Waals surface area contributed by atoms with Crippen LogP contribution in [0.4, 0.5) is 0 Å². The topological polar surface area (TPSA) is 53.3 Å². The Kier molecular flexibility index (Phi) is 6.80. The van der Waals surface area contributed by atoms with Gasteiger partial charge in [0.2, 0.25) is 0 Å². The van der Waals surface area contributed by atoms with Crippen LogP contribution in [0.1, 0.15) is 38.3 Å². The van der Waals surface area contributed by atoms with Gasteiger partial charge in [0.05, 0.1) is 12.5 Å². The third-order valence-corrected chi connectivity index (χ3v) is 4.11. The molecule has 2 aromatic carbocycles. The van der Waals surface area contributed by atoms with Crippen molar-refractivity contribution in [2.45, 2.75) is 39.2 Å². The lowest BCUT2D eigenvalue weighted by atomic mass is 9.86. The number of carbonyl (C=O) groups excluding carboxylic acids is 1. The van der Waals surface area contributed by atoms with Crippen molar-refractivity contribution >= 4 is 5.91 Å². The molecule has 0 unspecified atom stereocenters. The normalized spacial score (nSPS) is 10.8. The molecule has 136 valence electrons. The van der Waals surface area contributed by atoms with Gasteiger partial charge in [-0.05, 0) is 22.6 Å². The van der Waals surface area contributed by atoms with E-state index in [4.69, 9.17) is 10.00 Å². The molecule has 0 fully saturated rings. The van der Waals surface area contributed by atoms with Gasteiger partial charge in [-0.2, -0.15) is 5.26 Å². The van der Waals surface area contributed by atoms with Crippen molar-refractivity contribution in [2.75, 3.05) is 13.2 Å². The Morgan fingerprint density at radius 2 is 1.73 bits per heavy atom. The van der Waals surface area contributed by atoms with Crippen LogP contribution >= 0.6 is 0 Å². The number of nitrogens with zero attached hydrogens (tertiary/aromatic N) is 2. The van der Waals surface area contributed by atoms with E-state index < -0.39 is 0 Å². The minimum Gasteiger partial charge on any atom is -0.483 e. The van der Waals surface area contributed by atoms with Crippen molar-refractivity contribution in [3.63, 3.8) is 0 Å². The molecule has 0 saturated heterocycles. The molecular weight excluding hydrogens is 324 g/mol. The minimum absolute atomic E-state index is 0.0364. The molecule has 4 heteroatoms. The predicted octanol–water partition coefficient (Wildman–Crippen LogP) is 4.31. The molecule has 0 aliphatic carbocycles. The van der Waals surface area contributed by atoms with E-state index in [0.29, 0.717) is 19.5 Å². The number of para-hydroxylation sites is 1. The summed E-state index contributed by atoms with van der Waals surface area (Å²) in [6, 6.07) is 19.7. The van der Waals surface area contributed by atoms with Gasteiger partial charge in [-0.15, -0.1) is 0 Å². The molecule has 0 aromatic heterocycles. The maximum atomic E-state index is 12.7. The summed E-state index contributed by atoms with van der Waals surface area (Å²) in [5.41, 5.74) is 2.04. The van der Waals surface area contributed by atoms with Gasteiger partial charge < -0.3 is 9.64 Å². The molecule has 1 amide bonds. The number of benzene rings is 2. The van der Waals surface area contributed by atoms with E-state index in [0.717, 1.165) is 16.9 Å². The molecule has 2 aromatic rings. The van der Waals surface area contributed by atoms with E-state index in [-0.39, 0.29) is 17.9 Å². The quantitative estimate of drug-likeness (QED) is 0.748. The third kappa shape index (κ3) is 5.63. The maximum Gasteiger partial charge on any atom is 0.260 e. The van der Waals surface area contributed by atoms with Crippen LogP contribution in [-0.4, -0.2) is 24.0 Å². The lowest BCUT2D eigenvalue weighted by molar-refractivity contribution is -0.134. The second kappa shape index (κ2) is 9.05. The Morgan fingerprint density at radius 1 is 1.08 bits per heavy atom. The number of hydrogen-bond acceptors (Lipinski definition) is 3. The highest BCUT2D eigenvalue weighted by molar-refractivity contribution is 5.77. The van der Waals surface area contributed by atoms with Crippen LogP contribution in [0.15, 0.2) is 54.6 Å². The summed E-state index contributed by atoms with van der Waals surface area (Å²) in [5, 5.41) is 8.88. The predicted molar refractivity (Wildman–Crippen MR) is 103 cm³/mol. The van der Waals surface area contributed by atoms with E-state index in [1.165, 1.54) is 0 Å². The molecule has 0 heterocycles. The molecule has 0 atom stereocenters. The lowest BCUT2D eigenvalue weighted by Crippen LogP contribution is -2.35. The van der Waals surface area contributed by atoms with Gasteiger partial charge in [0, 0.05) is 13.1 Å². The Hall–Kier alpha value is -2.80. The highest BCUT2D eigenvalue weighted by Crippen LogP contribution is 2.30. The SMILES string of the molecule is CC(C)(C)c1ccccc1OCC(=O)N(CCC#N)Cc1ccccc1. The molecule has 4 nitrogen and oxygen atoms in total. The molecular formula is C22H26N2O2. The van der Waals surface area contributed by atoms with Crippen molar-refractivity contribution in [1.82, 2.24) is 4.90 Å². The van der Waals surface area contributed by atoms with E-state index in [1.807, 2.05) is 54.6 Å². The van der Waals surface area contributed by atoms with E-state index in [9.17, 15) is 4.79 Å². The number of nitriles is 1. The second-order valence-corrected chi connectivity index (χ2v) is 7.24. The smallest absolute Gasteiger partial charge is 0.260 e. The Balaban J connectivity index is 2.07. The molecule has 0 aliphatic heterocycles. The Bertz CT molecular complexity index is 758. The standard InChI is InChI=1S/C22H26N2O2/c1-22(2,3)19-12-7-8-13-20(19)26-17-21(25)24(15-9-14-23)16-18-10-5-4-6-11-18/h4-8,10-13H,9,15-17H2,1-3H3. The first-order valence-corrected chi connectivity index (χ1v) is 8.83. The van der Waals surface area contributed by atoms with Gasteiger partial charge in [0.15, 0.2) is 6.61 Å². The zero-order chi connectivity index (χ0) is 19.0. The summed E-state index contributed by atoms with van der Waals surface area (Å²) in [6.07, 6.45) is 0.303. The number of amides is 1. The van der Waals surface area contributed by atoms with Crippen LogP contribution < -0.4 is 4.74 Å². The fraction of sp³-hybridized carbons (Fsp3) is 0.364. The molecule has 0 saturated carbocycles. The number of carbonyl (C=O) groups is 1. The number of rotatable bonds is 7. The van der Waals surface area contributed by atoms with Crippen LogP contribution in [0, 0.1) is 11.3 Å². The summed E-state index contributed by atoms with van der Waals surface area (Å²) >= 11 is 0. The molecule has 0 spiro atoms. The summed E-state index contributed by atoms with van der Waals surface area (Å²) < 4.78 is 5.85. The van der Waals surface area contributed by atoms with Crippen molar-refractivity contribution in [3.05, 3.63) is 65.7 Å². The van der Waals surface area contributed by atoms with Crippen LogP contribution in [0.5, 0.6) is 5.75 Å². The molecule has 2 rings (SSSR count). The fourth-order valence-electron chi connectivity index (χ4n) is 2.72. The fourth-order valence-corrected chi connectivity index (χ4v) is 2.72. The van der Waals surface area contributed by atoms with Crippen molar-refractivity contribution in [3.8, 4) is 11.8 Å². The first-order valence-electron chi connectivity index (χ1n) is 8.83. The Labute approximate surface area is 156 Å². The third-order valence-electron chi connectivity index (χ3n) is 4.11. The van der Waals surface area contributed by atoms with Crippen molar-refractivity contribution < 1.29 is 9.53 Å².